The van der Waals surface area contributed by atoms with E-state index in [1.54, 1.807) is 0 Å². The normalized spacial score (nSPS) is 15.4. The highest BCUT2D eigenvalue weighted by Crippen LogP contribution is 2.64. The summed E-state index contributed by atoms with van der Waals surface area (Å²) in [6, 6.07) is 102. The second-order valence-corrected chi connectivity index (χ2v) is 26.3. The van der Waals surface area contributed by atoms with Crippen LogP contribution in [0.1, 0.15) is 55.5 Å². The van der Waals surface area contributed by atoms with Crippen molar-refractivity contribution in [2.24, 2.45) is 0 Å². The third-order valence-electron chi connectivity index (χ3n) is 18.8. The van der Waals surface area contributed by atoms with Crippen LogP contribution in [0.4, 0.5) is 85.3 Å². The molecule has 5 nitrogen and oxygen atoms in total. The van der Waals surface area contributed by atoms with Crippen LogP contribution >= 0.6 is 7.92 Å². The summed E-state index contributed by atoms with van der Waals surface area (Å²) in [5.74, 6) is 0. The molecule has 0 saturated heterocycles. The Balaban J connectivity index is 0.850. The fourth-order valence-electron chi connectivity index (χ4n) is 14.8. The Bertz CT molecular complexity index is 4610. The number of para-hydroxylation sites is 4. The molecule has 3 aliphatic heterocycles. The molecule has 0 spiro atoms. The predicted molar refractivity (Wildman–Crippen MR) is 359 cm³/mol. The van der Waals surface area contributed by atoms with Crippen molar-refractivity contribution in [2.45, 2.75) is 45.4 Å². The Hall–Kier alpha value is -9.93. The zero-order valence-corrected chi connectivity index (χ0v) is 49.1. The Morgan fingerprint density at radius 2 is 0.600 bits per heavy atom. The minimum Gasteiger partial charge on any atom is -0.310 e. The van der Waals surface area contributed by atoms with Crippen LogP contribution in [0.15, 0.2) is 273 Å². The third-order valence-corrected chi connectivity index (χ3v) is 21.5. The summed E-state index contributed by atoms with van der Waals surface area (Å²) in [6.07, 6.45) is 0. The molecule has 3 heterocycles. The van der Waals surface area contributed by atoms with Crippen molar-refractivity contribution in [3.63, 3.8) is 0 Å². The SMILES string of the molecule is Cc1ccc(N2c3cccc4c3P3c5c2cccc5N(c2ccc5c(c2)-c2ccc(N(c6ccccc6)c6ccccc6)cc2C5(C)C)c2cccc(c23)N4c2ccc3c(c2)-c2cc(N(c4ccccc4)c4ccccc4)ccc2C3(C)C)cc1. The van der Waals surface area contributed by atoms with Gasteiger partial charge in [-0.3, -0.25) is 0 Å². The fourth-order valence-corrected chi connectivity index (χ4v) is 17.9. The van der Waals surface area contributed by atoms with E-state index in [-0.39, 0.29) is 10.8 Å². The summed E-state index contributed by atoms with van der Waals surface area (Å²) in [6.45, 7) is 11.8. The van der Waals surface area contributed by atoms with Crippen LogP contribution in [-0.4, -0.2) is 0 Å². The lowest BCUT2D eigenvalue weighted by molar-refractivity contribution is 0.660. The van der Waals surface area contributed by atoms with Gasteiger partial charge in [-0.1, -0.05) is 161 Å². The van der Waals surface area contributed by atoms with Gasteiger partial charge in [0.25, 0.3) is 0 Å². The predicted octanol–water partition coefficient (Wildman–Crippen LogP) is 20.7. The van der Waals surface area contributed by atoms with Gasteiger partial charge in [0.1, 0.15) is 0 Å². The molecule has 17 rings (SSSR count). The summed E-state index contributed by atoms with van der Waals surface area (Å²) in [5.41, 5.74) is 29.0. The number of fused-ring (bicyclic) bond motifs is 6. The number of anilines is 15. The van der Waals surface area contributed by atoms with Gasteiger partial charge in [0.05, 0.1) is 34.1 Å². The summed E-state index contributed by atoms with van der Waals surface area (Å²) in [4.78, 5) is 12.5. The largest absolute Gasteiger partial charge is 0.310 e. The molecule has 406 valence electrons. The van der Waals surface area contributed by atoms with Crippen molar-refractivity contribution in [2.75, 3.05) is 24.5 Å². The lowest BCUT2D eigenvalue weighted by atomic mass is 9.82. The van der Waals surface area contributed by atoms with E-state index in [9.17, 15) is 0 Å². The minimum atomic E-state index is -1.03. The van der Waals surface area contributed by atoms with Gasteiger partial charge in [0, 0.05) is 85.9 Å². The maximum absolute atomic E-state index is 2.60. The molecule has 0 radical (unpaired) electrons. The van der Waals surface area contributed by atoms with Crippen molar-refractivity contribution in [3.8, 4) is 22.3 Å². The summed E-state index contributed by atoms with van der Waals surface area (Å²) >= 11 is 0. The van der Waals surface area contributed by atoms with Gasteiger partial charge in [-0.25, -0.2) is 0 Å². The van der Waals surface area contributed by atoms with Crippen molar-refractivity contribution in [1.82, 2.24) is 0 Å². The zero-order valence-electron chi connectivity index (χ0n) is 48.2. The maximum atomic E-state index is 2.60. The van der Waals surface area contributed by atoms with Gasteiger partial charge >= 0.3 is 0 Å². The first kappa shape index (κ1) is 49.7. The third kappa shape index (κ3) is 7.27. The molecule has 0 fully saturated rings. The van der Waals surface area contributed by atoms with Crippen LogP contribution in [0.3, 0.4) is 0 Å². The smallest absolute Gasteiger partial charge is 0.0566 e. The molecule has 6 heteroatoms. The molecule has 0 saturated carbocycles. The van der Waals surface area contributed by atoms with Crippen LogP contribution in [0, 0.1) is 6.92 Å². The van der Waals surface area contributed by atoms with Gasteiger partial charge in [-0.05, 0) is 197 Å². The lowest BCUT2D eigenvalue weighted by Crippen LogP contribution is -2.45. The van der Waals surface area contributed by atoms with Gasteiger partial charge in [-0.2, -0.15) is 0 Å². The van der Waals surface area contributed by atoms with E-state index in [4.69, 9.17) is 0 Å². The minimum absolute atomic E-state index is 0.201. The van der Waals surface area contributed by atoms with E-state index < -0.39 is 7.92 Å². The topological polar surface area (TPSA) is 16.2 Å². The van der Waals surface area contributed by atoms with Crippen LogP contribution in [0.25, 0.3) is 22.3 Å². The van der Waals surface area contributed by atoms with Crippen LogP contribution < -0.4 is 40.4 Å². The average molecular weight is 1110 g/mol. The number of rotatable bonds is 9. The van der Waals surface area contributed by atoms with Crippen molar-refractivity contribution < 1.29 is 0 Å². The molecule has 1 unspecified atom stereocenters. The van der Waals surface area contributed by atoms with Gasteiger partial charge in [0.15, 0.2) is 0 Å². The highest BCUT2D eigenvalue weighted by molar-refractivity contribution is 7.82. The first-order valence-corrected chi connectivity index (χ1v) is 31.0. The number of hydrogen-bond donors (Lipinski definition) is 0. The summed E-state index contributed by atoms with van der Waals surface area (Å²) in [7, 11) is -1.03. The van der Waals surface area contributed by atoms with E-state index in [0.717, 1.165) is 51.2 Å². The monoisotopic (exact) mass is 1110 g/mol. The van der Waals surface area contributed by atoms with Crippen molar-refractivity contribution in [1.29, 1.82) is 0 Å². The lowest BCUT2D eigenvalue weighted by Gasteiger charge is -2.50. The van der Waals surface area contributed by atoms with Crippen molar-refractivity contribution >= 4 is 109 Å². The second-order valence-electron chi connectivity index (χ2n) is 24.3. The molecule has 0 N–H and O–H groups in total. The fraction of sp³-hybridized carbons (Fsp3) is 0.0886. The maximum Gasteiger partial charge on any atom is 0.0566 e. The molecule has 5 aliphatic rings. The van der Waals surface area contributed by atoms with Crippen LogP contribution in [0.5, 0.6) is 0 Å². The number of hydrogen-bond acceptors (Lipinski definition) is 5. The van der Waals surface area contributed by atoms with Gasteiger partial charge < -0.3 is 24.5 Å². The number of aryl methyl sites for hydroxylation is 1. The Labute approximate surface area is 499 Å². The van der Waals surface area contributed by atoms with E-state index in [0.29, 0.717) is 0 Å². The van der Waals surface area contributed by atoms with Gasteiger partial charge in [-0.15, -0.1) is 0 Å². The Morgan fingerprint density at radius 1 is 0.271 bits per heavy atom. The number of benzene rings is 12. The molecule has 85 heavy (non-hydrogen) atoms. The van der Waals surface area contributed by atoms with Crippen LogP contribution in [0.2, 0.25) is 0 Å². The Morgan fingerprint density at radius 3 is 1.02 bits per heavy atom. The van der Waals surface area contributed by atoms with E-state index in [2.05, 4.69) is 332 Å². The summed E-state index contributed by atoms with van der Waals surface area (Å²) in [5, 5.41) is 4.17. The quantitative estimate of drug-likeness (QED) is 0.134. The van der Waals surface area contributed by atoms with E-state index in [1.165, 1.54) is 100 Å². The van der Waals surface area contributed by atoms with E-state index in [1.807, 2.05) is 0 Å². The molecule has 0 amide bonds. The van der Waals surface area contributed by atoms with E-state index >= 15 is 0 Å². The average Bonchev–Trinajstić information content (AvgIpc) is 1.31. The molecule has 1 atom stereocenters. The van der Waals surface area contributed by atoms with Gasteiger partial charge in [0.2, 0.25) is 0 Å². The zero-order chi connectivity index (χ0) is 56.9. The second kappa shape index (κ2) is 18.5. The standard InChI is InChI=1S/C79H60N5P/c1-51-35-37-56(38-36-51)82-69-29-18-31-71-75(69)85-76-70(82)30-19-32-72(76)84(59-42-46-67-64(49-59)63-47-57(40-44-66(63)78(67,2)3)80(52-21-10-6-11-22-52)53-23-12-7-13-24-53)74-34-20-33-73(77(74)85)83(71)58-41-45-65-62(48-58)61-43-39-60(50-68(61)79(65,4)5)81(54-25-14-8-15-26-54)55-27-16-9-17-28-55/h6-50H,1-5H3. The summed E-state index contributed by atoms with van der Waals surface area (Å²) < 4.78 is 0. The highest BCUT2D eigenvalue weighted by atomic mass is 31.1. The van der Waals surface area contributed by atoms with Crippen LogP contribution in [-0.2, 0) is 10.8 Å². The molecular weight excluding hydrogens is 1050 g/mol. The number of nitrogens with zero attached hydrogens (tertiary/aromatic N) is 5. The molecule has 0 aromatic heterocycles. The highest BCUT2D eigenvalue weighted by Gasteiger charge is 2.48. The first-order chi connectivity index (χ1) is 41.6. The molecule has 12 aromatic rings. The molecule has 2 aliphatic carbocycles. The molecule has 12 aromatic carbocycles. The first-order valence-electron chi connectivity index (χ1n) is 29.7. The molecular formula is C79H60N5P. The van der Waals surface area contributed by atoms with Crippen molar-refractivity contribution in [3.05, 3.63) is 301 Å². The Kier molecular flexibility index (Phi) is 10.8. The molecule has 0 bridgehead atoms.